The Labute approximate surface area is 235 Å². The van der Waals surface area contributed by atoms with Gasteiger partial charge < -0.3 is 9.80 Å². The largest absolute Gasteiger partial charge is 0.426 e. The van der Waals surface area contributed by atoms with E-state index in [1.54, 1.807) is 18.2 Å². The third kappa shape index (κ3) is 4.74. The summed E-state index contributed by atoms with van der Waals surface area (Å²) in [6.45, 7) is 1.17. The van der Waals surface area contributed by atoms with Crippen LogP contribution in [0.25, 0.3) is 0 Å². The average molecular weight is 576 g/mol. The third-order valence-electron chi connectivity index (χ3n) is 9.01. The minimum absolute atomic E-state index is 0.138. The van der Waals surface area contributed by atoms with Crippen LogP contribution in [0.5, 0.6) is 0 Å². The Morgan fingerprint density at radius 2 is 1.85 bits per heavy atom. The molecule has 2 aromatic carbocycles. The standard InChI is InChI=1S/C30H30ClF4N3O2/c1-28(32,30(33,34)35)21-6-9-23-20(17-21)5-11-25-29(23,18-19-3-7-22(31)8-4-19)13-16-38(25)27(40)24-10-12-26(39)37(24)15-2-14-36/h3-4,6-9,17,24-25H,2,5,10-13,15-16,18H2,1H3/t24-,25?,28?,29?/m0/s1. The summed E-state index contributed by atoms with van der Waals surface area (Å²) in [5, 5.41) is 9.60. The summed E-state index contributed by atoms with van der Waals surface area (Å²) in [6, 6.07) is 12.7. The van der Waals surface area contributed by atoms with E-state index in [0.29, 0.717) is 56.2 Å². The van der Waals surface area contributed by atoms with Gasteiger partial charge in [0.25, 0.3) is 0 Å². The van der Waals surface area contributed by atoms with E-state index in [0.717, 1.165) is 11.1 Å². The van der Waals surface area contributed by atoms with Crippen LogP contribution in [0.4, 0.5) is 17.6 Å². The van der Waals surface area contributed by atoms with Gasteiger partial charge in [-0.3, -0.25) is 9.59 Å². The lowest BCUT2D eigenvalue weighted by atomic mass is 9.63. The first-order valence-electron chi connectivity index (χ1n) is 13.5. The van der Waals surface area contributed by atoms with E-state index in [2.05, 4.69) is 0 Å². The molecule has 2 aromatic rings. The van der Waals surface area contributed by atoms with E-state index < -0.39 is 28.9 Å². The Kier molecular flexibility index (Phi) is 7.37. The van der Waals surface area contributed by atoms with Crippen molar-refractivity contribution < 1.29 is 27.2 Å². The van der Waals surface area contributed by atoms with E-state index >= 15 is 0 Å². The number of hydrogen-bond acceptors (Lipinski definition) is 3. The van der Waals surface area contributed by atoms with Crippen LogP contribution < -0.4 is 0 Å². The monoisotopic (exact) mass is 575 g/mol. The Hall–Kier alpha value is -3.12. The van der Waals surface area contributed by atoms with Gasteiger partial charge in [-0.1, -0.05) is 41.9 Å². The van der Waals surface area contributed by atoms with Gasteiger partial charge in [0.2, 0.25) is 17.5 Å². The third-order valence-corrected chi connectivity index (χ3v) is 9.26. The van der Waals surface area contributed by atoms with Crippen molar-refractivity contribution in [1.82, 2.24) is 9.80 Å². The van der Waals surface area contributed by atoms with E-state index in [9.17, 15) is 27.2 Å². The molecule has 212 valence electrons. The number of benzene rings is 2. The number of alkyl halides is 4. The first kappa shape index (κ1) is 28.4. The first-order chi connectivity index (χ1) is 18.9. The normalized spacial score (nSPS) is 25.8. The van der Waals surface area contributed by atoms with Gasteiger partial charge >= 0.3 is 6.18 Å². The molecule has 2 fully saturated rings. The fraction of sp³-hybridized carbons (Fsp3) is 0.500. The number of rotatable bonds is 6. The van der Waals surface area contributed by atoms with Gasteiger partial charge in [-0.05, 0) is 73.4 Å². The maximum atomic E-state index is 14.9. The molecule has 0 saturated carbocycles. The molecule has 0 spiro atoms. The molecule has 5 nitrogen and oxygen atoms in total. The summed E-state index contributed by atoms with van der Waals surface area (Å²) in [6.07, 6.45) is -2.26. The predicted octanol–water partition coefficient (Wildman–Crippen LogP) is 6.02. The highest BCUT2D eigenvalue weighted by molar-refractivity contribution is 6.30. The number of nitriles is 1. The molecule has 3 unspecified atom stereocenters. The van der Waals surface area contributed by atoms with Gasteiger partial charge in [0, 0.05) is 36.0 Å². The number of amides is 2. The summed E-state index contributed by atoms with van der Waals surface area (Å²) >= 11 is 6.11. The van der Waals surface area contributed by atoms with Crippen molar-refractivity contribution in [3.63, 3.8) is 0 Å². The Bertz CT molecular complexity index is 1350. The Balaban J connectivity index is 1.53. The van der Waals surface area contributed by atoms with Gasteiger partial charge in [0.15, 0.2) is 0 Å². The molecule has 0 radical (unpaired) electrons. The molecule has 0 bridgehead atoms. The number of carbonyl (C=O) groups is 2. The first-order valence-corrected chi connectivity index (χ1v) is 13.9. The molecule has 1 aliphatic carbocycles. The van der Waals surface area contributed by atoms with Crippen molar-refractivity contribution in [1.29, 1.82) is 5.26 Å². The number of carbonyl (C=O) groups excluding carboxylic acids is 2. The van der Waals surface area contributed by atoms with Gasteiger partial charge in [0.05, 0.1) is 12.5 Å². The number of halogens is 5. The predicted molar refractivity (Wildman–Crippen MR) is 141 cm³/mol. The number of aryl methyl sites for hydroxylation is 1. The summed E-state index contributed by atoms with van der Waals surface area (Å²) in [5.41, 5.74) is -2.04. The number of likely N-dealkylation sites (tertiary alicyclic amines) is 2. The average Bonchev–Trinajstić information content (AvgIpc) is 3.48. The maximum absolute atomic E-state index is 14.9. The quantitative estimate of drug-likeness (QED) is 0.396. The van der Waals surface area contributed by atoms with Gasteiger partial charge in [-0.2, -0.15) is 18.4 Å². The number of hydrogen-bond donors (Lipinski definition) is 0. The zero-order valence-electron chi connectivity index (χ0n) is 22.1. The molecule has 0 aromatic heterocycles. The molecule has 2 aliphatic heterocycles. The van der Waals surface area contributed by atoms with Crippen LogP contribution in [0.1, 0.15) is 61.3 Å². The Morgan fingerprint density at radius 3 is 2.52 bits per heavy atom. The van der Waals surface area contributed by atoms with Crippen LogP contribution >= 0.6 is 11.6 Å². The maximum Gasteiger partial charge on any atom is 0.426 e. The molecule has 2 heterocycles. The second kappa shape index (κ2) is 10.4. The van der Waals surface area contributed by atoms with Crippen molar-refractivity contribution in [2.24, 2.45) is 0 Å². The summed E-state index contributed by atoms with van der Waals surface area (Å²) in [4.78, 5) is 29.8. The number of nitrogens with zero attached hydrogens (tertiary/aromatic N) is 3. The van der Waals surface area contributed by atoms with Crippen LogP contribution in [0.15, 0.2) is 42.5 Å². The Morgan fingerprint density at radius 1 is 1.12 bits per heavy atom. The molecule has 10 heteroatoms. The lowest BCUT2D eigenvalue weighted by Gasteiger charge is -2.44. The molecule has 2 saturated heterocycles. The molecular weight excluding hydrogens is 546 g/mol. The smallest absolute Gasteiger partial charge is 0.337 e. The van der Waals surface area contributed by atoms with E-state index in [-0.39, 0.29) is 37.2 Å². The minimum Gasteiger partial charge on any atom is -0.337 e. The molecule has 3 aliphatic rings. The van der Waals surface area contributed by atoms with E-state index in [1.165, 1.54) is 17.0 Å². The number of fused-ring (bicyclic) bond motifs is 3. The highest BCUT2D eigenvalue weighted by Gasteiger charge is 2.56. The highest BCUT2D eigenvalue weighted by atomic mass is 35.5. The minimum atomic E-state index is -5.05. The lowest BCUT2D eigenvalue weighted by Crippen LogP contribution is -2.53. The van der Waals surface area contributed by atoms with Crippen molar-refractivity contribution in [3.05, 3.63) is 69.7 Å². The van der Waals surface area contributed by atoms with Crippen LogP contribution in [0.2, 0.25) is 5.02 Å². The van der Waals surface area contributed by atoms with Gasteiger partial charge in [-0.15, -0.1) is 0 Å². The molecule has 4 atom stereocenters. The van der Waals surface area contributed by atoms with Crippen molar-refractivity contribution in [2.75, 3.05) is 13.1 Å². The summed E-state index contributed by atoms with van der Waals surface area (Å²) in [7, 11) is 0. The van der Waals surface area contributed by atoms with Crippen molar-refractivity contribution in [2.45, 2.75) is 81.2 Å². The van der Waals surface area contributed by atoms with E-state index in [4.69, 9.17) is 16.9 Å². The van der Waals surface area contributed by atoms with Crippen LogP contribution in [0.3, 0.4) is 0 Å². The van der Waals surface area contributed by atoms with Crippen molar-refractivity contribution in [3.8, 4) is 6.07 Å². The summed E-state index contributed by atoms with van der Waals surface area (Å²) in [5.74, 6) is -0.291. The van der Waals surface area contributed by atoms with Gasteiger partial charge in [0.1, 0.15) is 6.04 Å². The topological polar surface area (TPSA) is 64.4 Å². The molecule has 0 N–H and O–H groups in total. The van der Waals surface area contributed by atoms with Crippen molar-refractivity contribution >= 4 is 23.4 Å². The van der Waals surface area contributed by atoms with Crippen LogP contribution in [-0.4, -0.2) is 53.0 Å². The van der Waals surface area contributed by atoms with E-state index in [1.807, 2.05) is 23.1 Å². The SMILES string of the molecule is CC(F)(c1ccc2c(c1)CCC1N(C(=O)[C@@H]3CCC(=O)N3CCC#N)CCC21Cc1ccc(Cl)cc1)C(F)(F)F. The van der Waals surface area contributed by atoms with Crippen LogP contribution in [0, 0.1) is 11.3 Å². The zero-order valence-corrected chi connectivity index (χ0v) is 22.9. The fourth-order valence-corrected chi connectivity index (χ4v) is 7.01. The summed E-state index contributed by atoms with van der Waals surface area (Å²) < 4.78 is 55.4. The van der Waals surface area contributed by atoms with Crippen LogP contribution in [-0.2, 0) is 33.5 Å². The molecule has 2 amide bonds. The molecule has 40 heavy (non-hydrogen) atoms. The highest BCUT2D eigenvalue weighted by Crippen LogP contribution is 2.51. The second-order valence-electron chi connectivity index (χ2n) is 11.2. The lowest BCUT2D eigenvalue weighted by molar-refractivity contribution is -0.228. The molecular formula is C30H30ClF4N3O2. The fourth-order valence-electron chi connectivity index (χ4n) is 6.89. The molecule has 5 rings (SSSR count). The second-order valence-corrected chi connectivity index (χ2v) is 11.7. The van der Waals surface area contributed by atoms with Gasteiger partial charge in [-0.25, -0.2) is 4.39 Å². The zero-order chi connectivity index (χ0) is 28.9.